The van der Waals surface area contributed by atoms with Gasteiger partial charge in [-0.05, 0) is 89.9 Å². The number of unbranched alkanes of at least 4 members (excludes halogenated alkanes) is 27. The minimum Gasteiger partial charge on any atom is -0.462 e. The Balaban J connectivity index is 3.98. The van der Waals surface area contributed by atoms with Gasteiger partial charge >= 0.3 is 19.8 Å². The van der Waals surface area contributed by atoms with Gasteiger partial charge in [-0.1, -0.05) is 240 Å². The number of hydrogen-bond acceptors (Lipinski definition) is 7. The zero-order valence-electron chi connectivity index (χ0n) is 48.6. The SMILES string of the molecule is CC/C=C\C/C=C\C/C=C\C/C=C\C/C=C\C/C=C\CCCCCCCCCCCCCCCCCCCCC(=O)OC(COC(=O)CCCCCCC/C=C\CCCCCC)COP(=O)(O)OCC[N+](C)(C)C. The predicted molar refractivity (Wildman–Crippen MR) is 316 cm³/mol. The molecule has 9 nitrogen and oxygen atoms in total. The van der Waals surface area contributed by atoms with E-state index in [-0.39, 0.29) is 32.0 Å². The van der Waals surface area contributed by atoms with E-state index in [0.29, 0.717) is 17.4 Å². The zero-order chi connectivity index (χ0) is 54.2. The summed E-state index contributed by atoms with van der Waals surface area (Å²) in [6.45, 7) is 4.30. The molecule has 0 rings (SSSR count). The maximum Gasteiger partial charge on any atom is 0.472 e. The lowest BCUT2D eigenvalue weighted by Crippen LogP contribution is -2.37. The van der Waals surface area contributed by atoms with Crippen LogP contribution in [-0.2, 0) is 32.7 Å². The average Bonchev–Trinajstić information content (AvgIpc) is 3.36. The number of carbonyl (C=O) groups excluding carboxylic acids is 2. The van der Waals surface area contributed by atoms with Crippen LogP contribution < -0.4 is 0 Å². The molecule has 2 atom stereocenters. The Bertz CT molecular complexity index is 1520. The van der Waals surface area contributed by atoms with Crippen LogP contribution in [0.2, 0.25) is 0 Å². The van der Waals surface area contributed by atoms with Crippen molar-refractivity contribution < 1.29 is 42.1 Å². The molecule has 0 spiro atoms. The van der Waals surface area contributed by atoms with Crippen molar-refractivity contribution in [2.24, 2.45) is 0 Å². The van der Waals surface area contributed by atoms with Crippen LogP contribution in [0.1, 0.15) is 258 Å². The van der Waals surface area contributed by atoms with Gasteiger partial charge in [0, 0.05) is 12.8 Å². The third kappa shape index (κ3) is 58.5. The summed E-state index contributed by atoms with van der Waals surface area (Å²) >= 11 is 0. The van der Waals surface area contributed by atoms with E-state index < -0.39 is 26.5 Å². The van der Waals surface area contributed by atoms with E-state index in [9.17, 15) is 19.0 Å². The molecular formula is C64H115NO8P+. The number of quaternary nitrogens is 1. The second kappa shape index (κ2) is 55.0. The molecule has 0 aliphatic heterocycles. The molecule has 428 valence electrons. The Morgan fingerprint density at radius 1 is 0.432 bits per heavy atom. The van der Waals surface area contributed by atoms with Gasteiger partial charge in [-0.25, -0.2) is 4.57 Å². The van der Waals surface area contributed by atoms with Crippen LogP contribution in [0.5, 0.6) is 0 Å². The summed E-state index contributed by atoms with van der Waals surface area (Å²) in [4.78, 5) is 35.6. The largest absolute Gasteiger partial charge is 0.472 e. The fraction of sp³-hybridized carbons (Fsp3) is 0.750. The Labute approximate surface area is 456 Å². The number of carbonyl (C=O) groups is 2. The quantitative estimate of drug-likeness (QED) is 0.0211. The molecule has 0 heterocycles. The van der Waals surface area contributed by atoms with Crippen LogP contribution in [0.3, 0.4) is 0 Å². The number of nitrogens with zero attached hydrogens (tertiary/aromatic N) is 1. The molecule has 0 aliphatic carbocycles. The maximum atomic E-state index is 12.8. The lowest BCUT2D eigenvalue weighted by atomic mass is 10.0. The van der Waals surface area contributed by atoms with Gasteiger partial charge in [-0.2, -0.15) is 0 Å². The second-order valence-electron chi connectivity index (χ2n) is 21.4. The van der Waals surface area contributed by atoms with Crippen molar-refractivity contribution in [3.8, 4) is 0 Å². The van der Waals surface area contributed by atoms with Gasteiger partial charge in [-0.3, -0.25) is 18.6 Å². The van der Waals surface area contributed by atoms with Gasteiger partial charge in [0.15, 0.2) is 6.10 Å². The molecular weight excluding hydrogens is 942 g/mol. The number of likely N-dealkylation sites (N-methyl/N-ethyl adjacent to an activating group) is 1. The molecule has 0 aromatic heterocycles. The molecule has 74 heavy (non-hydrogen) atoms. The van der Waals surface area contributed by atoms with Crippen molar-refractivity contribution in [1.29, 1.82) is 0 Å². The van der Waals surface area contributed by atoms with Gasteiger partial charge in [0.1, 0.15) is 19.8 Å². The molecule has 0 amide bonds. The molecule has 0 saturated carbocycles. The third-order valence-corrected chi connectivity index (χ3v) is 13.9. The Morgan fingerprint density at radius 3 is 1.16 bits per heavy atom. The van der Waals surface area contributed by atoms with Crippen LogP contribution >= 0.6 is 7.82 Å². The van der Waals surface area contributed by atoms with E-state index in [4.69, 9.17) is 18.5 Å². The van der Waals surface area contributed by atoms with Gasteiger partial charge in [0.2, 0.25) is 0 Å². The second-order valence-corrected chi connectivity index (χ2v) is 22.8. The smallest absolute Gasteiger partial charge is 0.462 e. The van der Waals surface area contributed by atoms with Crippen LogP contribution in [-0.4, -0.2) is 74.9 Å². The summed E-state index contributed by atoms with van der Waals surface area (Å²) in [5.41, 5.74) is 0. The fourth-order valence-electron chi connectivity index (χ4n) is 8.25. The highest BCUT2D eigenvalue weighted by molar-refractivity contribution is 7.47. The summed E-state index contributed by atoms with van der Waals surface area (Å²) in [6.07, 6.45) is 73.9. The maximum absolute atomic E-state index is 12.8. The molecule has 0 bridgehead atoms. The number of esters is 2. The molecule has 0 aliphatic rings. The lowest BCUT2D eigenvalue weighted by molar-refractivity contribution is -0.870. The van der Waals surface area contributed by atoms with Gasteiger partial charge in [-0.15, -0.1) is 0 Å². The van der Waals surface area contributed by atoms with E-state index in [0.717, 1.165) is 89.9 Å². The summed E-state index contributed by atoms with van der Waals surface area (Å²) in [6, 6.07) is 0. The number of hydrogen-bond donors (Lipinski definition) is 1. The van der Waals surface area contributed by atoms with Gasteiger partial charge < -0.3 is 18.9 Å². The van der Waals surface area contributed by atoms with E-state index in [1.807, 2.05) is 21.1 Å². The van der Waals surface area contributed by atoms with Crippen molar-refractivity contribution in [2.45, 2.75) is 264 Å². The summed E-state index contributed by atoms with van der Waals surface area (Å²) < 4.78 is 34.5. The monoisotopic (exact) mass is 1060 g/mol. The minimum atomic E-state index is -4.39. The molecule has 10 heteroatoms. The number of ether oxygens (including phenoxy) is 2. The van der Waals surface area contributed by atoms with Crippen LogP contribution in [0, 0.1) is 0 Å². The number of phosphoric acid groups is 1. The van der Waals surface area contributed by atoms with E-state index in [1.54, 1.807) is 0 Å². The molecule has 1 N–H and O–H groups in total. The van der Waals surface area contributed by atoms with Crippen molar-refractivity contribution in [2.75, 3.05) is 47.5 Å². The van der Waals surface area contributed by atoms with Crippen LogP contribution in [0.4, 0.5) is 0 Å². The Kier molecular flexibility index (Phi) is 52.9. The third-order valence-electron chi connectivity index (χ3n) is 12.9. The van der Waals surface area contributed by atoms with Crippen molar-refractivity contribution in [3.05, 3.63) is 85.1 Å². The standard InChI is InChI=1S/C64H114NO8P/c1-6-8-10-12-14-16-18-20-21-22-23-24-25-26-27-28-29-30-31-32-33-34-35-36-37-38-39-40-41-42-43-45-47-49-51-53-55-57-64(67)73-62(61-72-74(68,69)71-59-58-65(3,4)5)60-70-63(66)56-54-52-50-48-46-44-19-17-15-13-11-9-7-2/h8,10,14,16-17,19-21,23-24,26-27,29-30,62H,6-7,9,11-13,15,18,22,25,28,31-61H2,1-5H3/p+1/b10-8-,16-14-,19-17-,21-20-,24-23-,27-26-,30-29-. The van der Waals surface area contributed by atoms with Gasteiger partial charge in [0.25, 0.3) is 0 Å². The normalized spacial score (nSPS) is 13.9. The molecule has 0 saturated heterocycles. The first-order chi connectivity index (χ1) is 36.0. The molecule has 0 radical (unpaired) electrons. The number of phosphoric ester groups is 1. The first-order valence-corrected chi connectivity index (χ1v) is 31.8. The minimum absolute atomic E-state index is 0.0294. The highest BCUT2D eigenvalue weighted by Crippen LogP contribution is 2.43. The highest BCUT2D eigenvalue weighted by atomic mass is 31.2. The number of rotatable bonds is 55. The summed E-state index contributed by atoms with van der Waals surface area (Å²) in [7, 11) is 1.47. The van der Waals surface area contributed by atoms with E-state index in [2.05, 4.69) is 98.9 Å². The van der Waals surface area contributed by atoms with Crippen molar-refractivity contribution in [3.63, 3.8) is 0 Å². The van der Waals surface area contributed by atoms with Crippen molar-refractivity contribution >= 4 is 19.8 Å². The van der Waals surface area contributed by atoms with Crippen LogP contribution in [0.15, 0.2) is 85.1 Å². The van der Waals surface area contributed by atoms with E-state index >= 15 is 0 Å². The molecule has 2 unspecified atom stereocenters. The molecule has 0 fully saturated rings. The molecule has 0 aromatic carbocycles. The van der Waals surface area contributed by atoms with Gasteiger partial charge in [0.05, 0.1) is 27.7 Å². The number of allylic oxidation sites excluding steroid dienone is 14. The molecule has 0 aromatic rings. The van der Waals surface area contributed by atoms with Crippen LogP contribution in [0.25, 0.3) is 0 Å². The zero-order valence-corrected chi connectivity index (χ0v) is 49.5. The Morgan fingerprint density at radius 2 is 0.770 bits per heavy atom. The predicted octanol–water partition coefficient (Wildman–Crippen LogP) is 19.0. The summed E-state index contributed by atoms with van der Waals surface area (Å²) in [5, 5.41) is 0. The summed E-state index contributed by atoms with van der Waals surface area (Å²) in [5.74, 6) is -0.803. The highest BCUT2D eigenvalue weighted by Gasteiger charge is 2.27. The van der Waals surface area contributed by atoms with Crippen molar-refractivity contribution in [1.82, 2.24) is 0 Å². The fourth-order valence-corrected chi connectivity index (χ4v) is 8.99. The lowest BCUT2D eigenvalue weighted by Gasteiger charge is -2.24. The first-order valence-electron chi connectivity index (χ1n) is 30.3. The topological polar surface area (TPSA) is 108 Å². The first kappa shape index (κ1) is 71.2. The van der Waals surface area contributed by atoms with E-state index in [1.165, 1.54) is 135 Å². The Hall–Kier alpha value is -2.81. The average molecular weight is 1060 g/mol.